The Labute approximate surface area is 148 Å². The minimum atomic E-state index is -0.157. The minimum absolute atomic E-state index is 0.0433. The number of carbonyl (C=O) groups is 1. The molecule has 0 saturated carbocycles. The summed E-state index contributed by atoms with van der Waals surface area (Å²) in [4.78, 5) is 16.0. The predicted octanol–water partition coefficient (Wildman–Crippen LogP) is 2.44. The SMILES string of the molecule is COc1cccc([C@@H](CNC(=O)N(C)Cc2cc(C)on2)N(C)C)c1. The molecule has 0 aliphatic rings. The van der Waals surface area contributed by atoms with Crippen molar-refractivity contribution in [2.24, 2.45) is 0 Å². The number of hydrogen-bond acceptors (Lipinski definition) is 5. The zero-order valence-electron chi connectivity index (χ0n) is 15.4. The average Bonchev–Trinajstić information content (AvgIpc) is 2.99. The highest BCUT2D eigenvalue weighted by Gasteiger charge is 2.18. The first-order valence-corrected chi connectivity index (χ1v) is 8.12. The van der Waals surface area contributed by atoms with Gasteiger partial charge in [-0.05, 0) is 38.7 Å². The quantitative estimate of drug-likeness (QED) is 0.834. The summed E-state index contributed by atoms with van der Waals surface area (Å²) in [6.45, 7) is 2.71. The van der Waals surface area contributed by atoms with Crippen molar-refractivity contribution in [2.45, 2.75) is 19.5 Å². The van der Waals surface area contributed by atoms with Gasteiger partial charge in [0.05, 0.1) is 19.7 Å². The highest BCUT2D eigenvalue weighted by atomic mass is 16.5. The van der Waals surface area contributed by atoms with Crippen molar-refractivity contribution in [3.05, 3.63) is 47.3 Å². The first-order chi connectivity index (χ1) is 11.9. The fraction of sp³-hybridized carbons (Fsp3) is 0.444. The highest BCUT2D eigenvalue weighted by molar-refractivity contribution is 5.73. The Hall–Kier alpha value is -2.54. The van der Waals surface area contributed by atoms with Crippen LogP contribution in [0.15, 0.2) is 34.9 Å². The van der Waals surface area contributed by atoms with Gasteiger partial charge in [-0.15, -0.1) is 0 Å². The number of benzene rings is 1. The molecular formula is C18H26N4O3. The number of nitrogens with one attached hydrogen (secondary N) is 1. The van der Waals surface area contributed by atoms with Gasteiger partial charge in [-0.3, -0.25) is 0 Å². The second-order valence-electron chi connectivity index (χ2n) is 6.23. The molecule has 25 heavy (non-hydrogen) atoms. The second kappa shape index (κ2) is 8.53. The molecule has 0 unspecified atom stereocenters. The first-order valence-electron chi connectivity index (χ1n) is 8.12. The number of carbonyl (C=O) groups excluding carboxylic acids is 1. The van der Waals surface area contributed by atoms with Crippen LogP contribution in [-0.2, 0) is 6.54 Å². The largest absolute Gasteiger partial charge is 0.497 e. The number of aryl methyl sites for hydroxylation is 1. The van der Waals surface area contributed by atoms with Crippen molar-refractivity contribution < 1.29 is 14.1 Å². The summed E-state index contributed by atoms with van der Waals surface area (Å²) in [6.07, 6.45) is 0. The van der Waals surface area contributed by atoms with Crippen molar-refractivity contribution in [1.82, 2.24) is 20.3 Å². The molecule has 1 heterocycles. The fourth-order valence-corrected chi connectivity index (χ4v) is 2.57. The molecule has 7 heteroatoms. The van der Waals surface area contributed by atoms with E-state index in [0.29, 0.717) is 13.1 Å². The van der Waals surface area contributed by atoms with Gasteiger partial charge in [0.25, 0.3) is 0 Å². The van der Waals surface area contributed by atoms with Gasteiger partial charge < -0.3 is 24.4 Å². The number of urea groups is 1. The van der Waals surface area contributed by atoms with Crippen LogP contribution in [0.4, 0.5) is 4.79 Å². The molecule has 0 saturated heterocycles. The fourth-order valence-electron chi connectivity index (χ4n) is 2.57. The van der Waals surface area contributed by atoms with Crippen LogP contribution in [0.25, 0.3) is 0 Å². The van der Waals surface area contributed by atoms with Gasteiger partial charge in [0.1, 0.15) is 17.2 Å². The third kappa shape index (κ3) is 5.22. The van der Waals surface area contributed by atoms with Crippen molar-refractivity contribution in [3.8, 4) is 5.75 Å². The number of amides is 2. The van der Waals surface area contributed by atoms with E-state index in [2.05, 4.69) is 15.4 Å². The van der Waals surface area contributed by atoms with Crippen LogP contribution in [-0.4, -0.2) is 55.8 Å². The van der Waals surface area contributed by atoms with Crippen LogP contribution in [0.1, 0.15) is 23.1 Å². The molecule has 2 amide bonds. The lowest BCUT2D eigenvalue weighted by Gasteiger charge is -2.26. The predicted molar refractivity (Wildman–Crippen MR) is 95.5 cm³/mol. The third-order valence-electron chi connectivity index (χ3n) is 3.97. The van der Waals surface area contributed by atoms with Crippen molar-refractivity contribution in [2.75, 3.05) is 34.8 Å². The molecule has 0 aliphatic heterocycles. The van der Waals surface area contributed by atoms with Crippen LogP contribution in [0, 0.1) is 6.92 Å². The number of rotatable bonds is 7. The Morgan fingerprint density at radius 1 is 1.32 bits per heavy atom. The summed E-state index contributed by atoms with van der Waals surface area (Å²) in [5, 5.41) is 6.88. The van der Waals surface area contributed by atoms with E-state index in [0.717, 1.165) is 22.8 Å². The molecule has 0 fully saturated rings. The zero-order chi connectivity index (χ0) is 18.4. The lowest BCUT2D eigenvalue weighted by atomic mass is 10.1. The molecule has 1 atom stereocenters. The van der Waals surface area contributed by atoms with Gasteiger partial charge in [0.2, 0.25) is 0 Å². The Bertz CT molecular complexity index is 699. The Morgan fingerprint density at radius 3 is 2.68 bits per heavy atom. The molecule has 2 rings (SSSR count). The van der Waals surface area contributed by atoms with Gasteiger partial charge in [-0.2, -0.15) is 0 Å². The smallest absolute Gasteiger partial charge is 0.317 e. The standard InChI is InChI=1S/C18H26N4O3/c1-13-9-15(20-25-13)12-22(4)18(23)19-11-17(21(2)3)14-7-6-8-16(10-14)24-5/h6-10,17H,11-12H2,1-5H3,(H,19,23)/t17-/m1/s1. The van der Waals surface area contributed by atoms with Gasteiger partial charge in [0, 0.05) is 19.7 Å². The Kier molecular flexibility index (Phi) is 6.41. The van der Waals surface area contributed by atoms with E-state index in [1.54, 1.807) is 19.1 Å². The summed E-state index contributed by atoms with van der Waals surface area (Å²) in [5.74, 6) is 1.53. The summed E-state index contributed by atoms with van der Waals surface area (Å²) in [5.41, 5.74) is 1.81. The molecule has 0 spiro atoms. The molecule has 7 nitrogen and oxygen atoms in total. The minimum Gasteiger partial charge on any atom is -0.497 e. The monoisotopic (exact) mass is 346 g/mol. The van der Waals surface area contributed by atoms with Gasteiger partial charge in [-0.25, -0.2) is 4.79 Å². The van der Waals surface area contributed by atoms with Crippen LogP contribution >= 0.6 is 0 Å². The molecule has 2 aromatic rings. The van der Waals surface area contributed by atoms with Crippen LogP contribution in [0.5, 0.6) is 5.75 Å². The molecule has 1 aromatic carbocycles. The Morgan fingerprint density at radius 2 is 2.08 bits per heavy atom. The summed E-state index contributed by atoms with van der Waals surface area (Å²) in [6, 6.07) is 9.58. The molecule has 0 aliphatic carbocycles. The van der Waals surface area contributed by atoms with Crippen molar-refractivity contribution >= 4 is 6.03 Å². The van der Waals surface area contributed by atoms with Crippen LogP contribution in [0.2, 0.25) is 0 Å². The topological polar surface area (TPSA) is 70.8 Å². The van der Waals surface area contributed by atoms with Crippen LogP contribution < -0.4 is 10.1 Å². The third-order valence-corrected chi connectivity index (χ3v) is 3.97. The molecule has 1 aromatic heterocycles. The summed E-state index contributed by atoms with van der Waals surface area (Å²) in [7, 11) is 7.35. The van der Waals surface area contributed by atoms with E-state index in [4.69, 9.17) is 9.26 Å². The number of aromatic nitrogens is 1. The number of nitrogens with zero attached hydrogens (tertiary/aromatic N) is 3. The molecule has 1 N–H and O–H groups in total. The van der Waals surface area contributed by atoms with Gasteiger partial charge >= 0.3 is 6.03 Å². The highest BCUT2D eigenvalue weighted by Crippen LogP contribution is 2.22. The van der Waals surface area contributed by atoms with E-state index in [1.807, 2.05) is 51.4 Å². The van der Waals surface area contributed by atoms with E-state index in [-0.39, 0.29) is 12.1 Å². The maximum atomic E-state index is 12.3. The lowest BCUT2D eigenvalue weighted by molar-refractivity contribution is 0.199. The molecule has 0 bridgehead atoms. The molecule has 136 valence electrons. The Balaban J connectivity index is 1.96. The van der Waals surface area contributed by atoms with E-state index in [1.165, 1.54) is 0 Å². The second-order valence-corrected chi connectivity index (χ2v) is 6.23. The van der Waals surface area contributed by atoms with Crippen LogP contribution in [0.3, 0.4) is 0 Å². The number of ether oxygens (including phenoxy) is 1. The van der Waals surface area contributed by atoms with E-state index < -0.39 is 0 Å². The average molecular weight is 346 g/mol. The summed E-state index contributed by atoms with van der Waals surface area (Å²) >= 11 is 0. The van der Waals surface area contributed by atoms with E-state index in [9.17, 15) is 4.79 Å². The normalized spacial score (nSPS) is 12.1. The van der Waals surface area contributed by atoms with E-state index >= 15 is 0 Å². The zero-order valence-corrected chi connectivity index (χ0v) is 15.4. The molecule has 0 radical (unpaired) electrons. The number of hydrogen-bond donors (Lipinski definition) is 1. The number of methoxy groups -OCH3 is 1. The number of likely N-dealkylation sites (N-methyl/N-ethyl adjacent to an activating group) is 1. The van der Waals surface area contributed by atoms with Gasteiger partial charge in [-0.1, -0.05) is 17.3 Å². The van der Waals surface area contributed by atoms with Crippen molar-refractivity contribution in [1.29, 1.82) is 0 Å². The maximum absolute atomic E-state index is 12.3. The summed E-state index contributed by atoms with van der Waals surface area (Å²) < 4.78 is 10.3. The van der Waals surface area contributed by atoms with Gasteiger partial charge in [0.15, 0.2) is 0 Å². The van der Waals surface area contributed by atoms with Crippen molar-refractivity contribution in [3.63, 3.8) is 0 Å². The molecular weight excluding hydrogens is 320 g/mol. The lowest BCUT2D eigenvalue weighted by Crippen LogP contribution is -2.41. The maximum Gasteiger partial charge on any atom is 0.317 e. The first kappa shape index (κ1) is 18.8.